The molecule has 1 unspecified atom stereocenters. The first kappa shape index (κ1) is 10.5. The predicted molar refractivity (Wildman–Crippen MR) is 51.3 cm³/mol. The van der Waals surface area contributed by atoms with Gasteiger partial charge in [-0.25, -0.2) is 4.39 Å². The second kappa shape index (κ2) is 4.22. The summed E-state index contributed by atoms with van der Waals surface area (Å²) in [5.41, 5.74) is 0.867. The Morgan fingerprint density at radius 3 is 2.93 bits per heavy atom. The van der Waals surface area contributed by atoms with Crippen LogP contribution in [0.15, 0.2) is 18.3 Å². The molecule has 15 heavy (non-hydrogen) atoms. The highest BCUT2D eigenvalue weighted by Crippen LogP contribution is 2.23. The normalized spacial score (nSPS) is 21.7. The molecule has 0 spiro atoms. The van der Waals surface area contributed by atoms with E-state index in [2.05, 4.69) is 4.98 Å². The van der Waals surface area contributed by atoms with E-state index in [1.165, 1.54) is 6.20 Å². The Morgan fingerprint density at radius 2 is 2.40 bits per heavy atom. The number of hydrogen-bond donors (Lipinski definition) is 2. The summed E-state index contributed by atoms with van der Waals surface area (Å²) < 4.78 is 13.0. The monoisotopic (exact) mass is 212 g/mol. The average Bonchev–Trinajstić information content (AvgIpc) is 2.24. The number of alkyl halides is 1. The summed E-state index contributed by atoms with van der Waals surface area (Å²) in [6.45, 7) is 1.08. The van der Waals surface area contributed by atoms with E-state index in [1.54, 1.807) is 17.0 Å². The number of halogens is 1. The minimum atomic E-state index is -1.60. The molecule has 0 aromatic carbocycles. The molecule has 1 saturated heterocycles. The van der Waals surface area contributed by atoms with Crippen molar-refractivity contribution in [2.75, 3.05) is 6.54 Å². The van der Waals surface area contributed by atoms with Crippen molar-refractivity contribution in [2.45, 2.75) is 25.6 Å². The summed E-state index contributed by atoms with van der Waals surface area (Å²) in [6.07, 6.45) is -0.465. The van der Waals surface area contributed by atoms with Gasteiger partial charge in [0.1, 0.15) is 5.69 Å². The van der Waals surface area contributed by atoms with Gasteiger partial charge in [-0.05, 0) is 11.6 Å². The Balaban J connectivity index is 2.13. The maximum absolute atomic E-state index is 13.0. The SMILES string of the molecule is OC(O)c1ncccc1CN1CCC1F. The average molecular weight is 212 g/mol. The quantitative estimate of drug-likeness (QED) is 0.568. The van der Waals surface area contributed by atoms with Crippen molar-refractivity contribution >= 4 is 0 Å². The molecule has 4 nitrogen and oxygen atoms in total. The molecule has 1 aromatic rings. The molecular formula is C10H13FN2O2. The van der Waals surface area contributed by atoms with Gasteiger partial charge in [0.2, 0.25) is 0 Å². The van der Waals surface area contributed by atoms with Crippen LogP contribution in [0.5, 0.6) is 0 Å². The summed E-state index contributed by atoms with van der Waals surface area (Å²) in [5, 5.41) is 18.1. The van der Waals surface area contributed by atoms with Crippen molar-refractivity contribution in [3.8, 4) is 0 Å². The van der Waals surface area contributed by atoms with E-state index < -0.39 is 12.6 Å². The second-order valence-electron chi connectivity index (χ2n) is 3.62. The van der Waals surface area contributed by atoms with Gasteiger partial charge in [-0.2, -0.15) is 0 Å². The number of aliphatic hydroxyl groups is 2. The van der Waals surface area contributed by atoms with Gasteiger partial charge in [-0.3, -0.25) is 9.88 Å². The molecule has 1 aromatic heterocycles. The van der Waals surface area contributed by atoms with Crippen LogP contribution in [0.3, 0.4) is 0 Å². The number of nitrogens with zero attached hydrogens (tertiary/aromatic N) is 2. The molecule has 0 aliphatic carbocycles. The molecule has 0 radical (unpaired) electrons. The molecule has 2 N–H and O–H groups in total. The summed E-state index contributed by atoms with van der Waals surface area (Å²) in [4.78, 5) is 5.49. The topological polar surface area (TPSA) is 56.6 Å². The van der Waals surface area contributed by atoms with Gasteiger partial charge in [-0.1, -0.05) is 6.07 Å². The van der Waals surface area contributed by atoms with E-state index >= 15 is 0 Å². The molecule has 82 valence electrons. The van der Waals surface area contributed by atoms with Crippen LogP contribution in [0, 0.1) is 0 Å². The molecule has 0 saturated carbocycles. The summed E-state index contributed by atoms with van der Waals surface area (Å²) in [7, 11) is 0. The molecular weight excluding hydrogens is 199 g/mol. The number of hydrogen-bond acceptors (Lipinski definition) is 4. The Hall–Kier alpha value is -1.04. The number of aromatic nitrogens is 1. The van der Waals surface area contributed by atoms with E-state index in [-0.39, 0.29) is 5.69 Å². The van der Waals surface area contributed by atoms with E-state index in [1.807, 2.05) is 0 Å². The number of pyridine rings is 1. The maximum Gasteiger partial charge on any atom is 0.196 e. The van der Waals surface area contributed by atoms with Crippen LogP contribution in [0.1, 0.15) is 24.0 Å². The van der Waals surface area contributed by atoms with Crippen molar-refractivity contribution in [1.82, 2.24) is 9.88 Å². The van der Waals surface area contributed by atoms with Crippen LogP contribution in [0.2, 0.25) is 0 Å². The molecule has 2 rings (SSSR count). The van der Waals surface area contributed by atoms with E-state index in [9.17, 15) is 4.39 Å². The van der Waals surface area contributed by atoms with Gasteiger partial charge in [0.15, 0.2) is 12.6 Å². The summed E-state index contributed by atoms with van der Waals surface area (Å²) in [5.74, 6) is 0. The van der Waals surface area contributed by atoms with E-state index in [4.69, 9.17) is 10.2 Å². The van der Waals surface area contributed by atoms with Crippen LogP contribution < -0.4 is 0 Å². The maximum atomic E-state index is 13.0. The summed E-state index contributed by atoms with van der Waals surface area (Å²) in [6, 6.07) is 3.43. The van der Waals surface area contributed by atoms with Gasteiger partial charge < -0.3 is 10.2 Å². The lowest BCUT2D eigenvalue weighted by molar-refractivity contribution is -0.0498. The number of rotatable bonds is 3. The third kappa shape index (κ3) is 2.14. The molecule has 1 aliphatic rings. The van der Waals surface area contributed by atoms with Crippen molar-refractivity contribution in [2.24, 2.45) is 0 Å². The Morgan fingerprint density at radius 1 is 1.60 bits per heavy atom. The largest absolute Gasteiger partial charge is 0.363 e. The highest BCUT2D eigenvalue weighted by atomic mass is 19.1. The van der Waals surface area contributed by atoms with Gasteiger partial charge in [-0.15, -0.1) is 0 Å². The van der Waals surface area contributed by atoms with Crippen LogP contribution >= 0.6 is 0 Å². The number of aliphatic hydroxyl groups excluding tert-OH is 1. The van der Waals surface area contributed by atoms with Crippen LogP contribution in [0.4, 0.5) is 4.39 Å². The lowest BCUT2D eigenvalue weighted by Gasteiger charge is -2.35. The fraction of sp³-hybridized carbons (Fsp3) is 0.500. The van der Waals surface area contributed by atoms with Gasteiger partial charge >= 0.3 is 0 Å². The highest BCUT2D eigenvalue weighted by molar-refractivity contribution is 5.20. The Bertz CT molecular complexity index is 346. The fourth-order valence-corrected chi connectivity index (χ4v) is 1.62. The Labute approximate surface area is 87.0 Å². The summed E-state index contributed by atoms with van der Waals surface area (Å²) >= 11 is 0. The van der Waals surface area contributed by atoms with Gasteiger partial charge in [0.25, 0.3) is 0 Å². The molecule has 2 heterocycles. The van der Waals surface area contributed by atoms with Crippen LogP contribution in [0.25, 0.3) is 0 Å². The highest BCUT2D eigenvalue weighted by Gasteiger charge is 2.28. The molecule has 5 heteroatoms. The molecule has 1 fully saturated rings. The van der Waals surface area contributed by atoms with Crippen molar-refractivity contribution in [1.29, 1.82) is 0 Å². The predicted octanol–water partition coefficient (Wildman–Crippen LogP) is 0.566. The van der Waals surface area contributed by atoms with E-state index in [0.717, 1.165) is 0 Å². The molecule has 0 bridgehead atoms. The minimum absolute atomic E-state index is 0.205. The first-order chi connectivity index (χ1) is 7.18. The molecule has 0 amide bonds. The van der Waals surface area contributed by atoms with Crippen LogP contribution in [-0.2, 0) is 6.54 Å². The second-order valence-corrected chi connectivity index (χ2v) is 3.62. The number of likely N-dealkylation sites (tertiary alicyclic amines) is 1. The third-order valence-corrected chi connectivity index (χ3v) is 2.59. The standard InChI is InChI=1S/C10H13FN2O2/c11-8-3-5-13(8)6-7-2-1-4-12-9(7)10(14)15/h1-2,4,8,10,14-15H,3,5-6H2. The molecule has 1 atom stereocenters. The van der Waals surface area contributed by atoms with Crippen molar-refractivity contribution in [3.63, 3.8) is 0 Å². The lowest BCUT2D eigenvalue weighted by Crippen LogP contribution is -2.44. The van der Waals surface area contributed by atoms with E-state index in [0.29, 0.717) is 25.1 Å². The first-order valence-electron chi connectivity index (χ1n) is 4.86. The van der Waals surface area contributed by atoms with Crippen molar-refractivity contribution in [3.05, 3.63) is 29.6 Å². The Kier molecular flexibility index (Phi) is 2.95. The van der Waals surface area contributed by atoms with Gasteiger partial charge in [0, 0.05) is 25.7 Å². The van der Waals surface area contributed by atoms with Gasteiger partial charge in [0.05, 0.1) is 0 Å². The smallest absolute Gasteiger partial charge is 0.196 e. The zero-order valence-electron chi connectivity index (χ0n) is 8.17. The lowest BCUT2D eigenvalue weighted by atomic mass is 10.1. The minimum Gasteiger partial charge on any atom is -0.363 e. The zero-order chi connectivity index (χ0) is 10.8. The van der Waals surface area contributed by atoms with Crippen LogP contribution in [-0.4, -0.2) is 32.9 Å². The van der Waals surface area contributed by atoms with Crippen molar-refractivity contribution < 1.29 is 14.6 Å². The molecule has 1 aliphatic heterocycles. The third-order valence-electron chi connectivity index (χ3n) is 2.59. The first-order valence-corrected chi connectivity index (χ1v) is 4.86. The zero-order valence-corrected chi connectivity index (χ0v) is 8.17. The fourth-order valence-electron chi connectivity index (χ4n) is 1.62.